The molecule has 0 unspecified atom stereocenters. The Labute approximate surface area is 156 Å². The zero-order chi connectivity index (χ0) is 18.3. The molecule has 3 atom stereocenters. The molecule has 2 bridgehead atoms. The first-order chi connectivity index (χ1) is 13.1. The van der Waals surface area contributed by atoms with Crippen LogP contribution in [0.2, 0.25) is 0 Å². The van der Waals surface area contributed by atoms with Gasteiger partial charge >= 0.3 is 11.4 Å². The highest BCUT2D eigenvalue weighted by atomic mass is 16.2. The Morgan fingerprint density at radius 3 is 2.26 bits per heavy atom. The second-order valence-electron chi connectivity index (χ2n) is 8.31. The van der Waals surface area contributed by atoms with Gasteiger partial charge in [0.05, 0.1) is 11.7 Å². The van der Waals surface area contributed by atoms with Crippen LogP contribution in [0, 0.1) is 5.41 Å². The average Bonchev–Trinajstić information content (AvgIpc) is 3.22. The Hall–Kier alpha value is -2.82. The molecule has 0 N–H and O–H groups in total. The van der Waals surface area contributed by atoms with Crippen molar-refractivity contribution in [3.63, 3.8) is 0 Å². The summed E-state index contributed by atoms with van der Waals surface area (Å²) >= 11 is 0. The van der Waals surface area contributed by atoms with Gasteiger partial charge in [-0.3, -0.25) is 0 Å². The monoisotopic (exact) mass is 359 g/mol. The van der Waals surface area contributed by atoms with Crippen LogP contribution in [-0.4, -0.2) is 13.9 Å². The lowest BCUT2D eigenvalue weighted by molar-refractivity contribution is 0.245. The first kappa shape index (κ1) is 15.3. The van der Waals surface area contributed by atoms with E-state index in [0.29, 0.717) is 17.5 Å². The molecule has 3 aliphatic rings. The summed E-state index contributed by atoms with van der Waals surface area (Å²) in [7, 11) is 1.73. The Balaban J connectivity index is 1.58. The fourth-order valence-corrected chi connectivity index (χ4v) is 5.98. The van der Waals surface area contributed by atoms with E-state index in [1.165, 1.54) is 15.7 Å². The molecule has 2 saturated carbocycles. The maximum absolute atomic E-state index is 13.4. The molecule has 27 heavy (non-hydrogen) atoms. The van der Waals surface area contributed by atoms with Gasteiger partial charge in [-0.2, -0.15) is 0 Å². The quantitative estimate of drug-likeness (QED) is 0.706. The van der Waals surface area contributed by atoms with E-state index in [1.807, 2.05) is 30.3 Å². The average molecular weight is 359 g/mol. The molecular weight excluding hydrogens is 338 g/mol. The Morgan fingerprint density at radius 1 is 0.889 bits per heavy atom. The van der Waals surface area contributed by atoms with E-state index in [-0.39, 0.29) is 22.8 Å². The minimum atomic E-state index is -0.266. The summed E-state index contributed by atoms with van der Waals surface area (Å²) in [5.74, 6) is 0.842. The van der Waals surface area contributed by atoms with Crippen molar-refractivity contribution in [3.05, 3.63) is 86.7 Å². The highest BCUT2D eigenvalue weighted by molar-refractivity contribution is 5.47. The fourth-order valence-electron chi connectivity index (χ4n) is 5.98. The summed E-state index contributed by atoms with van der Waals surface area (Å²) in [5.41, 5.74) is 3.15. The van der Waals surface area contributed by atoms with Crippen LogP contribution in [0.4, 0.5) is 0 Å². The van der Waals surface area contributed by atoms with Crippen LogP contribution in [0.1, 0.15) is 48.3 Å². The van der Waals surface area contributed by atoms with Crippen molar-refractivity contribution in [2.45, 2.75) is 37.1 Å². The number of aromatic nitrogens is 3. The minimum absolute atomic E-state index is 0.0764. The van der Waals surface area contributed by atoms with Gasteiger partial charge < -0.3 is 0 Å². The van der Waals surface area contributed by atoms with E-state index in [1.54, 1.807) is 16.4 Å². The number of para-hydroxylation sites is 1. The lowest BCUT2D eigenvalue weighted by atomic mass is 9.77. The van der Waals surface area contributed by atoms with E-state index in [0.717, 1.165) is 19.3 Å². The van der Waals surface area contributed by atoms with Crippen LogP contribution in [0.15, 0.2) is 64.2 Å². The maximum Gasteiger partial charge on any atom is 0.352 e. The SMILES string of the molecule is Cn1c(=O)n(-c2ccccc2)c(=O)n1[C@H]1[C@H]2C[C@H](c3ccccc32)C12CC2. The van der Waals surface area contributed by atoms with Crippen molar-refractivity contribution in [2.75, 3.05) is 0 Å². The molecule has 1 spiro atoms. The highest BCUT2D eigenvalue weighted by Crippen LogP contribution is 2.76. The van der Waals surface area contributed by atoms with E-state index < -0.39 is 0 Å². The topological polar surface area (TPSA) is 48.9 Å². The summed E-state index contributed by atoms with van der Waals surface area (Å²) < 4.78 is 4.63. The van der Waals surface area contributed by atoms with Crippen LogP contribution in [-0.2, 0) is 7.05 Å². The molecule has 0 amide bonds. The summed E-state index contributed by atoms with van der Waals surface area (Å²) in [6.07, 6.45) is 3.38. The molecule has 0 saturated heterocycles. The van der Waals surface area contributed by atoms with Gasteiger partial charge in [-0.05, 0) is 48.4 Å². The van der Waals surface area contributed by atoms with Crippen LogP contribution in [0.25, 0.3) is 5.69 Å². The number of hydrogen-bond acceptors (Lipinski definition) is 2. The van der Waals surface area contributed by atoms with Crippen LogP contribution in [0.5, 0.6) is 0 Å². The van der Waals surface area contributed by atoms with Crippen molar-refractivity contribution >= 4 is 0 Å². The van der Waals surface area contributed by atoms with E-state index in [2.05, 4.69) is 24.3 Å². The van der Waals surface area contributed by atoms with E-state index in [9.17, 15) is 9.59 Å². The molecule has 5 heteroatoms. The largest absolute Gasteiger partial charge is 0.352 e. The molecule has 0 aliphatic heterocycles. The van der Waals surface area contributed by atoms with E-state index in [4.69, 9.17) is 0 Å². The predicted molar refractivity (Wildman–Crippen MR) is 103 cm³/mol. The highest BCUT2D eigenvalue weighted by Gasteiger charge is 2.67. The number of benzene rings is 2. The molecule has 6 rings (SSSR count). The van der Waals surface area contributed by atoms with Crippen molar-refractivity contribution in [2.24, 2.45) is 12.5 Å². The van der Waals surface area contributed by atoms with Gasteiger partial charge in [0.1, 0.15) is 0 Å². The molecule has 2 aromatic carbocycles. The zero-order valence-corrected chi connectivity index (χ0v) is 15.2. The molecule has 1 heterocycles. The lowest BCUT2D eigenvalue weighted by Crippen LogP contribution is -2.37. The molecular formula is C22H21N3O2. The summed E-state index contributed by atoms with van der Waals surface area (Å²) in [5, 5.41) is 0. The summed E-state index contributed by atoms with van der Waals surface area (Å²) in [4.78, 5) is 26.4. The molecule has 3 aliphatic carbocycles. The normalized spacial score (nSPS) is 26.5. The molecule has 136 valence electrons. The van der Waals surface area contributed by atoms with Crippen molar-refractivity contribution < 1.29 is 0 Å². The van der Waals surface area contributed by atoms with Crippen molar-refractivity contribution in [1.82, 2.24) is 13.9 Å². The van der Waals surface area contributed by atoms with Gasteiger partial charge in [0, 0.05) is 18.4 Å². The van der Waals surface area contributed by atoms with Crippen molar-refractivity contribution in [3.8, 4) is 5.69 Å². The molecule has 1 aromatic heterocycles. The molecule has 3 aromatic rings. The van der Waals surface area contributed by atoms with Gasteiger partial charge in [0.25, 0.3) is 0 Å². The van der Waals surface area contributed by atoms with Crippen LogP contribution in [0.3, 0.4) is 0 Å². The minimum Gasteiger partial charge on any atom is -0.246 e. The number of rotatable bonds is 2. The zero-order valence-electron chi connectivity index (χ0n) is 15.2. The first-order valence-corrected chi connectivity index (χ1v) is 9.68. The summed E-state index contributed by atoms with van der Waals surface area (Å²) in [6.45, 7) is 0. The molecule has 2 fully saturated rings. The van der Waals surface area contributed by atoms with Crippen LogP contribution >= 0.6 is 0 Å². The van der Waals surface area contributed by atoms with Gasteiger partial charge in [-0.1, -0.05) is 42.5 Å². The number of nitrogens with zero attached hydrogens (tertiary/aromatic N) is 3. The second kappa shape index (κ2) is 4.91. The summed E-state index contributed by atoms with van der Waals surface area (Å²) in [6, 6.07) is 18.0. The Morgan fingerprint density at radius 2 is 1.56 bits per heavy atom. The van der Waals surface area contributed by atoms with Gasteiger partial charge in [-0.15, -0.1) is 0 Å². The van der Waals surface area contributed by atoms with Crippen molar-refractivity contribution in [1.29, 1.82) is 0 Å². The second-order valence-corrected chi connectivity index (χ2v) is 8.31. The smallest absolute Gasteiger partial charge is 0.246 e. The third-order valence-corrected chi connectivity index (χ3v) is 7.21. The van der Waals surface area contributed by atoms with Gasteiger partial charge in [0.15, 0.2) is 0 Å². The molecule has 0 radical (unpaired) electrons. The first-order valence-electron chi connectivity index (χ1n) is 9.68. The third kappa shape index (κ3) is 1.75. The lowest BCUT2D eigenvalue weighted by Gasteiger charge is -2.33. The van der Waals surface area contributed by atoms with Crippen LogP contribution < -0.4 is 11.4 Å². The number of hydrogen-bond donors (Lipinski definition) is 0. The van der Waals surface area contributed by atoms with E-state index >= 15 is 0 Å². The standard InChI is InChI=1S/C22H21N3O2/c1-23-20(26)24(14-7-3-2-4-8-14)21(27)25(23)19-17-13-18(22(19)11-12-22)16-10-6-5-9-15(16)17/h2-10,17-19H,11-13H2,1H3/t17-,18+,19-/m0/s1. The molecule has 5 nitrogen and oxygen atoms in total. The predicted octanol–water partition coefficient (Wildman–Crippen LogP) is 2.94. The maximum atomic E-state index is 13.4. The third-order valence-electron chi connectivity index (χ3n) is 7.21. The Kier molecular flexibility index (Phi) is 2.78. The van der Waals surface area contributed by atoms with Gasteiger partial charge in [-0.25, -0.2) is 23.5 Å². The number of fused-ring (bicyclic) bond motifs is 6. The van der Waals surface area contributed by atoms with Gasteiger partial charge in [0.2, 0.25) is 0 Å². The Bertz CT molecular complexity index is 1180. The fraction of sp³-hybridized carbons (Fsp3) is 0.364.